The predicted molar refractivity (Wildman–Crippen MR) is 323 cm³/mol. The molecule has 2 fully saturated rings. The quantitative estimate of drug-likeness (QED) is 0.0762. The first kappa shape index (κ1) is 51.4. The molecule has 0 spiro atoms. The van der Waals surface area contributed by atoms with Gasteiger partial charge in [-0.15, -0.1) is 0 Å². The molecule has 7 nitrogen and oxygen atoms in total. The Morgan fingerprint density at radius 3 is 1.01 bits per heavy atom. The topological polar surface area (TPSA) is 82.2 Å². The lowest BCUT2D eigenvalue weighted by molar-refractivity contribution is 0.0626. The van der Waals surface area contributed by atoms with Crippen LogP contribution in [-0.4, -0.2) is 63.1 Å². The van der Waals surface area contributed by atoms with E-state index < -0.39 is 16.9 Å². The van der Waals surface area contributed by atoms with Gasteiger partial charge < -0.3 is 33.5 Å². The number of aliphatic hydroxyl groups excluding tert-OH is 1. The summed E-state index contributed by atoms with van der Waals surface area (Å²) in [7, 11) is 0. The van der Waals surface area contributed by atoms with Crippen LogP contribution in [0.3, 0.4) is 0 Å². The van der Waals surface area contributed by atoms with E-state index in [1.807, 2.05) is 24.3 Å². The van der Waals surface area contributed by atoms with E-state index in [-0.39, 0.29) is 37.3 Å². The number of epoxide rings is 2. The fourth-order valence-electron chi connectivity index (χ4n) is 13.0. The molecule has 14 rings (SSSR count). The summed E-state index contributed by atoms with van der Waals surface area (Å²) in [5, 5.41) is 11.4. The lowest BCUT2D eigenvalue weighted by Crippen LogP contribution is -2.27. The highest BCUT2D eigenvalue weighted by molar-refractivity contribution is 5.72. The zero-order valence-electron chi connectivity index (χ0n) is 45.7. The van der Waals surface area contributed by atoms with Crippen molar-refractivity contribution >= 4 is 0 Å². The van der Waals surface area contributed by atoms with Gasteiger partial charge in [0, 0.05) is 22.7 Å². The van der Waals surface area contributed by atoms with Crippen molar-refractivity contribution in [3.05, 3.63) is 310 Å². The van der Waals surface area contributed by atoms with E-state index in [9.17, 15) is 5.11 Å². The van der Waals surface area contributed by atoms with Crippen LogP contribution in [-0.2, 0) is 20.3 Å². The van der Waals surface area contributed by atoms with E-state index in [1.54, 1.807) is 0 Å². The summed E-state index contributed by atoms with van der Waals surface area (Å²) >= 11 is 0. The van der Waals surface area contributed by atoms with E-state index in [1.165, 1.54) is 66.8 Å². The van der Waals surface area contributed by atoms with Gasteiger partial charge in [-0.25, -0.2) is 0 Å². The monoisotopic (exact) mass is 1080 g/mol. The van der Waals surface area contributed by atoms with Crippen LogP contribution in [0.5, 0.6) is 23.0 Å². The van der Waals surface area contributed by atoms with Crippen LogP contribution in [0.2, 0.25) is 0 Å². The lowest BCUT2D eigenvalue weighted by Gasteiger charge is -2.33. The van der Waals surface area contributed by atoms with Crippen molar-refractivity contribution in [2.24, 2.45) is 0 Å². The minimum Gasteiger partial charge on any atom is -0.491 e. The van der Waals surface area contributed by atoms with Crippen LogP contribution >= 0.6 is 0 Å². The second-order valence-corrected chi connectivity index (χ2v) is 22.4. The summed E-state index contributed by atoms with van der Waals surface area (Å²) in [4.78, 5) is 0. The molecule has 6 atom stereocenters. The smallest absolute Gasteiger partial charge is 0.122 e. The molecule has 406 valence electrons. The summed E-state index contributed by atoms with van der Waals surface area (Å²) in [6.07, 6.45) is 1.15. The number of hydrogen-bond donors (Lipinski definition) is 1. The van der Waals surface area contributed by atoms with Gasteiger partial charge >= 0.3 is 0 Å². The van der Waals surface area contributed by atoms with Crippen LogP contribution in [0.15, 0.2) is 255 Å². The minimum absolute atomic E-state index is 0.0627. The van der Waals surface area contributed by atoms with Gasteiger partial charge in [-0.1, -0.05) is 194 Å². The number of aliphatic hydroxyl groups is 1. The first-order chi connectivity index (χ1) is 40.5. The molecule has 82 heavy (non-hydrogen) atoms. The predicted octanol–water partition coefficient (Wildman–Crippen LogP) is 15.1. The molecule has 1 N–H and O–H groups in total. The Balaban J connectivity index is 0.722. The summed E-state index contributed by atoms with van der Waals surface area (Å²) in [5.74, 6) is 3.33. The van der Waals surface area contributed by atoms with Gasteiger partial charge in [0.25, 0.3) is 0 Å². The summed E-state index contributed by atoms with van der Waals surface area (Å²) in [6.45, 7) is 2.72. The molecule has 10 aromatic rings. The van der Waals surface area contributed by atoms with Crippen molar-refractivity contribution in [3.8, 4) is 45.3 Å². The fourth-order valence-corrected chi connectivity index (χ4v) is 13.0. The molecule has 7 heteroatoms. The van der Waals surface area contributed by atoms with Crippen molar-refractivity contribution in [3.63, 3.8) is 0 Å². The molecule has 0 radical (unpaired) electrons. The summed E-state index contributed by atoms with van der Waals surface area (Å²) in [5.41, 5.74) is 16.2. The molecular formula is C75H64O7. The van der Waals surface area contributed by atoms with Crippen LogP contribution in [0.1, 0.15) is 80.3 Å². The van der Waals surface area contributed by atoms with Gasteiger partial charge in [-0.3, -0.25) is 0 Å². The first-order valence-electron chi connectivity index (χ1n) is 28.8. The second-order valence-electron chi connectivity index (χ2n) is 22.4. The number of ether oxygens (including phenoxy) is 6. The highest BCUT2D eigenvalue weighted by Gasteiger charge is 2.49. The third kappa shape index (κ3) is 10.3. The number of hydrogen-bond acceptors (Lipinski definition) is 7. The molecule has 0 aromatic heterocycles. The maximum absolute atomic E-state index is 11.4. The Kier molecular flexibility index (Phi) is 14.0. The van der Waals surface area contributed by atoms with Gasteiger partial charge in [-0.05, 0) is 151 Å². The van der Waals surface area contributed by atoms with Crippen LogP contribution < -0.4 is 18.9 Å². The van der Waals surface area contributed by atoms with Crippen LogP contribution in [0.4, 0.5) is 0 Å². The SMILES string of the molecule is OC(COc1ccc(C2(c3ccc(OCC4CO4)cc3)CC(c3ccccc3)c3ccc(-c4ccccc4)cc32)cc1)COc1ccc(C2(c3ccc(OCC4CO4)cc3)CC(c3ccccc3)c3ccc(-c4ccccc4)cc32)cc1. The Labute approximate surface area is 480 Å². The average molecular weight is 1080 g/mol. The van der Waals surface area contributed by atoms with Crippen molar-refractivity contribution in [2.45, 2.75) is 53.8 Å². The molecule has 6 unspecified atom stereocenters. The molecule has 2 saturated heterocycles. The fraction of sp³-hybridized carbons (Fsp3) is 0.200. The zero-order valence-corrected chi connectivity index (χ0v) is 45.7. The maximum Gasteiger partial charge on any atom is 0.122 e. The number of rotatable bonds is 20. The van der Waals surface area contributed by atoms with Crippen molar-refractivity contribution in [2.75, 3.05) is 39.6 Å². The van der Waals surface area contributed by atoms with E-state index in [0.29, 0.717) is 24.7 Å². The molecule has 0 saturated carbocycles. The van der Waals surface area contributed by atoms with Gasteiger partial charge in [0.2, 0.25) is 0 Å². The zero-order chi connectivity index (χ0) is 54.9. The van der Waals surface area contributed by atoms with Crippen molar-refractivity contribution in [1.82, 2.24) is 0 Å². The van der Waals surface area contributed by atoms with E-state index in [0.717, 1.165) is 48.7 Å². The average Bonchev–Trinajstić information content (AvgIpc) is 2.33. The molecule has 2 aliphatic carbocycles. The molecule has 2 heterocycles. The molecular weight excluding hydrogens is 1010 g/mol. The standard InChI is InChI=1S/C75H64O7/c76-61(45-77-62-31-23-57(24-32-62)74(59-27-35-64(36-28-59)79-47-66-49-81-66)43-70(53-17-9-3-10-18-53)68-39-21-55(41-72(68)74)51-13-5-1-6-14-51)46-78-63-33-25-58(26-34-63)75(60-29-37-65(38-30-60)80-48-67-50-82-67)44-71(54-19-11-4-12-20-54)69-40-22-56(42-73(69)75)52-15-7-2-8-16-52/h1-42,61,66-67,70-71,76H,43-50H2. The largest absolute Gasteiger partial charge is 0.491 e. The van der Waals surface area contributed by atoms with Gasteiger partial charge in [0.05, 0.1) is 13.2 Å². The molecule has 2 aliphatic heterocycles. The van der Waals surface area contributed by atoms with E-state index >= 15 is 0 Å². The van der Waals surface area contributed by atoms with Crippen molar-refractivity contribution < 1.29 is 33.5 Å². The molecule has 10 aromatic carbocycles. The number of fused-ring (bicyclic) bond motifs is 2. The van der Waals surface area contributed by atoms with E-state index in [2.05, 4.69) is 231 Å². The third-order valence-electron chi connectivity index (χ3n) is 17.4. The maximum atomic E-state index is 11.4. The van der Waals surface area contributed by atoms with Crippen LogP contribution in [0, 0.1) is 0 Å². The van der Waals surface area contributed by atoms with Gasteiger partial charge in [0.15, 0.2) is 0 Å². The van der Waals surface area contributed by atoms with Crippen LogP contribution in [0.25, 0.3) is 22.3 Å². The van der Waals surface area contributed by atoms with Gasteiger partial charge in [-0.2, -0.15) is 0 Å². The highest BCUT2D eigenvalue weighted by Crippen LogP contribution is 2.58. The molecule has 0 bridgehead atoms. The number of benzene rings is 10. The second kappa shape index (κ2) is 22.3. The summed E-state index contributed by atoms with van der Waals surface area (Å²) < 4.78 is 35.9. The Morgan fingerprint density at radius 2 is 0.683 bits per heavy atom. The van der Waals surface area contributed by atoms with Crippen molar-refractivity contribution in [1.29, 1.82) is 0 Å². The Bertz CT molecular complexity index is 3520. The highest BCUT2D eigenvalue weighted by atomic mass is 16.6. The molecule has 0 amide bonds. The minimum atomic E-state index is -0.883. The normalized spacial score (nSPS) is 21.4. The third-order valence-corrected chi connectivity index (χ3v) is 17.4. The Morgan fingerprint density at radius 1 is 0.366 bits per heavy atom. The Hall–Kier alpha value is -8.72. The lowest BCUT2D eigenvalue weighted by atomic mass is 9.69. The van der Waals surface area contributed by atoms with E-state index in [4.69, 9.17) is 28.4 Å². The first-order valence-corrected chi connectivity index (χ1v) is 28.8. The molecule has 4 aliphatic rings. The summed E-state index contributed by atoms with van der Waals surface area (Å²) in [6, 6.07) is 91.4. The van der Waals surface area contributed by atoms with Gasteiger partial charge in [0.1, 0.15) is 67.7 Å².